The van der Waals surface area contributed by atoms with Gasteiger partial charge in [0.25, 0.3) is 0 Å². The van der Waals surface area contributed by atoms with Crippen molar-refractivity contribution in [3.8, 4) is 0 Å². The number of hydrogen-bond acceptors (Lipinski definition) is 9. The molecule has 61 heavy (non-hydrogen) atoms. The number of thioether (sulfide) groups is 3. The third kappa shape index (κ3) is 10.2. The lowest BCUT2D eigenvalue weighted by Crippen LogP contribution is -2.51. The van der Waals surface area contributed by atoms with Crippen molar-refractivity contribution in [2.24, 2.45) is 17.3 Å². The Morgan fingerprint density at radius 1 is 1.00 bits per heavy atom. The molecule has 2 N–H and O–H groups in total. The number of rotatable bonds is 18. The van der Waals surface area contributed by atoms with Crippen LogP contribution in [0.1, 0.15) is 115 Å². The van der Waals surface area contributed by atoms with E-state index in [0.717, 1.165) is 90.9 Å². The van der Waals surface area contributed by atoms with Gasteiger partial charge in [0.05, 0.1) is 46.4 Å². The lowest BCUT2D eigenvalue weighted by atomic mass is 9.62. The maximum Gasteiger partial charge on any atom is 0.308 e. The number of unbranched alkanes of at least 4 members (excludes halogenated alkanes) is 3. The van der Waals surface area contributed by atoms with Crippen molar-refractivity contribution in [3.63, 3.8) is 0 Å². The Kier molecular flexibility index (Phi) is 15.6. The van der Waals surface area contributed by atoms with Crippen LogP contribution in [0.5, 0.6) is 0 Å². The molecule has 7 atom stereocenters. The lowest BCUT2D eigenvalue weighted by Gasteiger charge is -2.47. The lowest BCUT2D eigenvalue weighted by molar-refractivity contribution is -0.138. The van der Waals surface area contributed by atoms with Gasteiger partial charge >= 0.3 is 5.97 Å². The van der Waals surface area contributed by atoms with Crippen molar-refractivity contribution in [2.45, 2.75) is 156 Å². The van der Waals surface area contributed by atoms with E-state index in [-0.39, 0.29) is 39.3 Å². The van der Waals surface area contributed by atoms with E-state index in [1.807, 2.05) is 54.1 Å². The Labute approximate surface area is 379 Å². The number of ether oxygens (including phenoxy) is 2. The summed E-state index contributed by atoms with van der Waals surface area (Å²) >= 11 is 5.50. The van der Waals surface area contributed by atoms with E-state index >= 15 is 0 Å². The van der Waals surface area contributed by atoms with Crippen molar-refractivity contribution in [1.82, 2.24) is 0 Å². The normalized spacial score (nSPS) is 26.9. The van der Waals surface area contributed by atoms with Gasteiger partial charge in [-0.3, -0.25) is 4.79 Å². The van der Waals surface area contributed by atoms with Crippen LogP contribution < -0.4 is 5.38 Å². The molecule has 2 saturated heterocycles. The predicted octanol–water partition coefficient (Wildman–Crippen LogP) is 12.1. The highest BCUT2D eigenvalue weighted by atomic mass is 32.2. The van der Waals surface area contributed by atoms with Gasteiger partial charge < -0.3 is 24.1 Å². The minimum atomic E-state index is -2.24. The summed E-state index contributed by atoms with van der Waals surface area (Å²) in [7, 11) is -2.24. The standard InChI is InChI=1S/C51H70O6S3Si/c1-7-8-18-26-51(58-28-20-29-59-51)43(52)31-39-37(23-15-9-10-19-27-55-34-36-21-13-11-14-22-36)30-42-46(54)45(39)41-35-56-47(61(5,6)49(2,3)4)40(41)32-50(42)33-44(53)57-48(50)60-38-24-16-12-17-25-38/h7-8,11-14,16-17,21-22,24-25,30,35,37,39,43,45-46,48,52,54H,9-10,15,18-20,23,26-29,31-34H2,1-6H3/b8-7+/t37-,39+,43-,45+,46-,48+,50-/m0/s1. The molecule has 6 nitrogen and oxygen atoms in total. The summed E-state index contributed by atoms with van der Waals surface area (Å²) in [5, 5.41) is 26.9. The molecule has 4 aliphatic rings. The molecule has 1 spiro atoms. The molecule has 332 valence electrons. The molecule has 2 aromatic carbocycles. The summed E-state index contributed by atoms with van der Waals surface area (Å²) in [4.78, 5) is 14.8. The zero-order valence-corrected chi connectivity index (χ0v) is 40.9. The molecule has 3 heterocycles. The molecule has 7 rings (SSSR count). The molecule has 0 unspecified atom stereocenters. The van der Waals surface area contributed by atoms with Gasteiger partial charge in [-0.25, -0.2) is 0 Å². The molecule has 0 amide bonds. The molecular formula is C51H70O6S3Si. The molecule has 0 radical (unpaired) electrons. The maximum atomic E-state index is 13.8. The number of fused-ring (bicyclic) bond motifs is 5. The largest absolute Gasteiger partial charge is 0.474 e. The van der Waals surface area contributed by atoms with Crippen LogP contribution in [-0.4, -0.2) is 64.1 Å². The number of cyclic esters (lactones) is 1. The van der Waals surface area contributed by atoms with E-state index in [9.17, 15) is 15.0 Å². The van der Waals surface area contributed by atoms with Crippen molar-refractivity contribution < 1.29 is 28.9 Å². The van der Waals surface area contributed by atoms with Crippen molar-refractivity contribution in [1.29, 1.82) is 0 Å². The van der Waals surface area contributed by atoms with Crippen molar-refractivity contribution >= 4 is 54.7 Å². The molecule has 3 aromatic rings. The second kappa shape index (κ2) is 20.3. The number of aliphatic hydroxyl groups is 2. The van der Waals surface area contributed by atoms with Gasteiger partial charge in [0.2, 0.25) is 0 Å². The number of aliphatic hydroxyl groups excluding tert-OH is 2. The first-order valence-electron chi connectivity index (χ1n) is 22.9. The van der Waals surface area contributed by atoms with E-state index in [1.54, 1.807) is 11.8 Å². The highest BCUT2D eigenvalue weighted by molar-refractivity contribution is 8.18. The molecule has 2 fully saturated rings. The zero-order chi connectivity index (χ0) is 43.3. The summed E-state index contributed by atoms with van der Waals surface area (Å²) < 4.78 is 19.0. The Bertz CT molecular complexity index is 1950. The third-order valence-electron chi connectivity index (χ3n) is 14.6. The molecule has 0 saturated carbocycles. The van der Waals surface area contributed by atoms with E-state index in [4.69, 9.17) is 13.9 Å². The number of allylic oxidation sites excluding steroid dienone is 3. The molecule has 2 aliphatic carbocycles. The van der Waals surface area contributed by atoms with E-state index < -0.39 is 31.1 Å². The quantitative estimate of drug-likeness (QED) is 0.0561. The maximum absolute atomic E-state index is 13.8. The summed E-state index contributed by atoms with van der Waals surface area (Å²) in [6.07, 6.45) is 16.9. The van der Waals surface area contributed by atoms with Gasteiger partial charge in [0, 0.05) is 17.4 Å². The Morgan fingerprint density at radius 3 is 2.41 bits per heavy atom. The fourth-order valence-corrected chi connectivity index (χ4v) is 16.9. The van der Waals surface area contributed by atoms with E-state index in [1.165, 1.54) is 11.1 Å². The number of furan rings is 1. The van der Waals surface area contributed by atoms with Gasteiger partial charge in [0.1, 0.15) is 8.07 Å². The first-order valence-corrected chi connectivity index (χ1v) is 28.8. The topological polar surface area (TPSA) is 89.1 Å². The summed E-state index contributed by atoms with van der Waals surface area (Å²) in [6, 6.07) is 20.6. The third-order valence-corrected chi connectivity index (χ3v) is 24.8. The highest BCUT2D eigenvalue weighted by Crippen LogP contribution is 2.61. The fourth-order valence-electron chi connectivity index (χ4n) is 10.2. The van der Waals surface area contributed by atoms with Crippen LogP contribution in [0.4, 0.5) is 0 Å². The molecule has 1 aromatic heterocycles. The minimum Gasteiger partial charge on any atom is -0.474 e. The van der Waals surface area contributed by atoms with Crippen LogP contribution >= 0.6 is 35.3 Å². The SMILES string of the molecule is C/C=C/CCC1([C@@H](O)C[C@H]2[C@@H]3c4coc([Si](C)(C)C(C)(C)C)c4C[C@]4(CC(=O)O[C@@H]4Sc4ccccc4)C(=C[C@@H]2CCCCCCOCc2ccccc2)[C@@H]3O)SCCCS1. The summed E-state index contributed by atoms with van der Waals surface area (Å²) in [5.41, 5.74) is 3.18. The van der Waals surface area contributed by atoms with E-state index in [2.05, 4.69) is 95.4 Å². The van der Waals surface area contributed by atoms with Crippen LogP contribution in [0.25, 0.3) is 0 Å². The minimum absolute atomic E-state index is 0.00466. The van der Waals surface area contributed by atoms with Gasteiger partial charge in [-0.15, -0.1) is 23.5 Å². The Hall–Kier alpha value is -2.18. The average Bonchev–Trinajstić information content (AvgIpc) is 3.78. The number of benzene rings is 2. The van der Waals surface area contributed by atoms with Gasteiger partial charge in [-0.05, 0) is 115 Å². The zero-order valence-electron chi connectivity index (χ0n) is 37.4. The second-order valence-electron chi connectivity index (χ2n) is 19.5. The summed E-state index contributed by atoms with van der Waals surface area (Å²) in [6.45, 7) is 15.2. The smallest absolute Gasteiger partial charge is 0.308 e. The van der Waals surface area contributed by atoms with E-state index in [0.29, 0.717) is 19.4 Å². The van der Waals surface area contributed by atoms with Crippen LogP contribution in [0.3, 0.4) is 0 Å². The van der Waals surface area contributed by atoms with Crippen LogP contribution in [0.15, 0.2) is 100 Å². The number of esters is 1. The number of hydrogen-bond donors (Lipinski definition) is 2. The Balaban J connectivity index is 1.26. The molecule has 10 heteroatoms. The average molecular weight is 903 g/mol. The van der Waals surface area contributed by atoms with Crippen molar-refractivity contribution in [2.75, 3.05) is 18.1 Å². The summed E-state index contributed by atoms with van der Waals surface area (Å²) in [5.74, 6) is 1.71. The van der Waals surface area contributed by atoms with Crippen LogP contribution in [0, 0.1) is 17.3 Å². The van der Waals surface area contributed by atoms with Crippen molar-refractivity contribution in [3.05, 3.63) is 107 Å². The first kappa shape index (κ1) is 46.8. The van der Waals surface area contributed by atoms with Gasteiger partial charge in [-0.2, -0.15) is 0 Å². The monoisotopic (exact) mass is 902 g/mol. The van der Waals surface area contributed by atoms with Gasteiger partial charge in [-0.1, -0.05) is 132 Å². The van der Waals surface area contributed by atoms with Crippen LogP contribution in [-0.2, 0) is 27.3 Å². The fraction of sp³-hybridized carbons (Fsp3) is 0.588. The Morgan fingerprint density at radius 2 is 1.70 bits per heavy atom. The highest BCUT2D eigenvalue weighted by Gasteiger charge is 2.61. The number of carbonyl (C=O) groups is 1. The molecule has 2 bridgehead atoms. The number of carbonyl (C=O) groups excluding carboxylic acids is 1. The van der Waals surface area contributed by atoms with Crippen LogP contribution in [0.2, 0.25) is 18.1 Å². The predicted molar refractivity (Wildman–Crippen MR) is 258 cm³/mol. The molecular weight excluding hydrogens is 833 g/mol. The first-order chi connectivity index (χ1) is 29.3. The van der Waals surface area contributed by atoms with Gasteiger partial charge in [0.15, 0.2) is 5.44 Å². The second-order valence-corrected chi connectivity index (χ2v) is 29.0. The molecule has 2 aliphatic heterocycles.